The van der Waals surface area contributed by atoms with Gasteiger partial charge in [-0.2, -0.15) is 5.26 Å². The summed E-state index contributed by atoms with van der Waals surface area (Å²) in [7, 11) is 1.65. The molecule has 3 rings (SSSR count). The van der Waals surface area contributed by atoms with Crippen LogP contribution in [-0.2, 0) is 16.1 Å². The zero-order valence-corrected chi connectivity index (χ0v) is 20.0. The lowest BCUT2D eigenvalue weighted by Gasteiger charge is -2.44. The van der Waals surface area contributed by atoms with Crippen molar-refractivity contribution < 1.29 is 18.7 Å². The standard InChI is InChI=1S/C25H28BrFN2O3/c1-3-32-24(30)15-25(22(16-28)21-9-6-19(27)14-23(21)26)10-12-29(13-11-25)17-18-4-7-20(31-2)8-5-18/h4-9,14,22H,3,10-13,15,17H2,1-2H3/t22-/m1/s1. The summed E-state index contributed by atoms with van der Waals surface area (Å²) in [5, 5.41) is 10.1. The highest BCUT2D eigenvalue weighted by Crippen LogP contribution is 2.49. The molecule has 5 nitrogen and oxygen atoms in total. The molecule has 0 unspecified atom stereocenters. The number of esters is 1. The number of hydrogen-bond acceptors (Lipinski definition) is 5. The van der Waals surface area contributed by atoms with Crippen molar-refractivity contribution in [3.63, 3.8) is 0 Å². The molecular weight excluding hydrogens is 475 g/mol. The zero-order chi connectivity index (χ0) is 23.1. The van der Waals surface area contributed by atoms with Gasteiger partial charge in [-0.3, -0.25) is 9.69 Å². The van der Waals surface area contributed by atoms with Gasteiger partial charge in [0.05, 0.1) is 32.1 Å². The smallest absolute Gasteiger partial charge is 0.306 e. The number of hydrogen-bond donors (Lipinski definition) is 0. The summed E-state index contributed by atoms with van der Waals surface area (Å²) >= 11 is 3.42. The molecule has 2 aromatic carbocycles. The molecule has 1 atom stereocenters. The van der Waals surface area contributed by atoms with Crippen molar-refractivity contribution in [1.29, 1.82) is 5.26 Å². The van der Waals surface area contributed by atoms with Gasteiger partial charge in [0.25, 0.3) is 0 Å². The second kappa shape index (κ2) is 10.9. The van der Waals surface area contributed by atoms with Crippen LogP contribution in [0.25, 0.3) is 0 Å². The Labute approximate surface area is 197 Å². The number of halogens is 2. The molecule has 0 spiro atoms. The average Bonchev–Trinajstić information content (AvgIpc) is 2.78. The number of methoxy groups -OCH3 is 1. The predicted molar refractivity (Wildman–Crippen MR) is 124 cm³/mol. The third-order valence-electron chi connectivity index (χ3n) is 6.23. The fraction of sp³-hybridized carbons (Fsp3) is 0.440. The number of benzene rings is 2. The molecule has 1 saturated heterocycles. The molecule has 0 saturated carbocycles. The maximum absolute atomic E-state index is 13.7. The van der Waals surface area contributed by atoms with Crippen molar-refractivity contribution in [1.82, 2.24) is 4.90 Å². The minimum absolute atomic E-state index is 0.166. The van der Waals surface area contributed by atoms with E-state index in [0.29, 0.717) is 29.5 Å². The van der Waals surface area contributed by atoms with Gasteiger partial charge < -0.3 is 9.47 Å². The van der Waals surface area contributed by atoms with Gasteiger partial charge in [-0.15, -0.1) is 0 Å². The molecule has 1 aliphatic heterocycles. The van der Waals surface area contributed by atoms with E-state index < -0.39 is 11.3 Å². The zero-order valence-electron chi connectivity index (χ0n) is 18.4. The Hall–Kier alpha value is -2.43. The first kappa shape index (κ1) is 24.2. The number of ether oxygens (including phenoxy) is 2. The lowest BCUT2D eigenvalue weighted by molar-refractivity contribution is -0.147. The summed E-state index contributed by atoms with van der Waals surface area (Å²) in [5.74, 6) is -0.395. The van der Waals surface area contributed by atoms with Gasteiger partial charge in [0, 0.05) is 16.4 Å². The second-order valence-electron chi connectivity index (χ2n) is 8.20. The first-order chi connectivity index (χ1) is 15.4. The topological polar surface area (TPSA) is 62.6 Å². The Morgan fingerprint density at radius 3 is 2.50 bits per heavy atom. The average molecular weight is 503 g/mol. The van der Waals surface area contributed by atoms with Gasteiger partial charge >= 0.3 is 5.97 Å². The molecule has 0 aliphatic carbocycles. The van der Waals surface area contributed by atoms with Crippen LogP contribution in [0.2, 0.25) is 0 Å². The monoisotopic (exact) mass is 502 g/mol. The molecule has 0 radical (unpaired) electrons. The van der Waals surface area contributed by atoms with Crippen LogP contribution in [0.5, 0.6) is 5.75 Å². The van der Waals surface area contributed by atoms with Crippen LogP contribution in [0.15, 0.2) is 46.9 Å². The van der Waals surface area contributed by atoms with E-state index in [9.17, 15) is 14.4 Å². The van der Waals surface area contributed by atoms with Gasteiger partial charge in [-0.05, 0) is 68.2 Å². The molecule has 2 aromatic rings. The van der Waals surface area contributed by atoms with Crippen molar-refractivity contribution in [3.05, 3.63) is 63.9 Å². The summed E-state index contributed by atoms with van der Waals surface area (Å²) in [5.41, 5.74) is 1.32. The van der Waals surface area contributed by atoms with Gasteiger partial charge in [0.1, 0.15) is 11.6 Å². The fourth-order valence-corrected chi connectivity index (χ4v) is 5.06. The molecule has 1 heterocycles. The minimum atomic E-state index is -0.572. The largest absolute Gasteiger partial charge is 0.497 e. The summed E-state index contributed by atoms with van der Waals surface area (Å²) < 4.78 is 24.7. The number of carbonyl (C=O) groups is 1. The number of likely N-dealkylation sites (tertiary alicyclic amines) is 1. The SMILES string of the molecule is CCOC(=O)CC1([C@H](C#N)c2ccc(F)cc2Br)CCN(Cc2ccc(OC)cc2)CC1. The Morgan fingerprint density at radius 1 is 1.25 bits per heavy atom. The van der Waals surface area contributed by atoms with Crippen LogP contribution >= 0.6 is 15.9 Å². The lowest BCUT2D eigenvalue weighted by atomic mass is 9.64. The maximum Gasteiger partial charge on any atom is 0.306 e. The van der Waals surface area contributed by atoms with E-state index in [1.165, 1.54) is 17.7 Å². The Morgan fingerprint density at radius 2 is 1.94 bits per heavy atom. The van der Waals surface area contributed by atoms with Crippen LogP contribution in [0.1, 0.15) is 43.2 Å². The van der Waals surface area contributed by atoms with Crippen LogP contribution < -0.4 is 4.74 Å². The normalized spacial score (nSPS) is 16.7. The van der Waals surface area contributed by atoms with E-state index in [4.69, 9.17) is 9.47 Å². The molecule has 1 aliphatic rings. The summed E-state index contributed by atoms with van der Waals surface area (Å²) in [6, 6.07) is 14.8. The van der Waals surface area contributed by atoms with Crippen LogP contribution in [-0.4, -0.2) is 37.7 Å². The van der Waals surface area contributed by atoms with Crippen molar-refractivity contribution in [3.8, 4) is 11.8 Å². The molecule has 32 heavy (non-hydrogen) atoms. The Balaban J connectivity index is 1.81. The third-order valence-corrected chi connectivity index (χ3v) is 6.92. The van der Waals surface area contributed by atoms with E-state index in [-0.39, 0.29) is 18.2 Å². The van der Waals surface area contributed by atoms with Gasteiger partial charge in [0.2, 0.25) is 0 Å². The summed E-state index contributed by atoms with van der Waals surface area (Å²) in [4.78, 5) is 14.8. The third kappa shape index (κ3) is 5.67. The van der Waals surface area contributed by atoms with E-state index in [2.05, 4.69) is 26.9 Å². The molecular formula is C25H28BrFN2O3. The van der Waals surface area contributed by atoms with E-state index in [0.717, 1.165) is 25.4 Å². The molecule has 7 heteroatoms. The molecule has 0 aromatic heterocycles. The molecule has 0 amide bonds. The van der Waals surface area contributed by atoms with Crippen LogP contribution in [0, 0.1) is 22.6 Å². The lowest BCUT2D eigenvalue weighted by Crippen LogP contribution is -2.44. The van der Waals surface area contributed by atoms with E-state index >= 15 is 0 Å². The second-order valence-corrected chi connectivity index (χ2v) is 9.05. The quantitative estimate of drug-likeness (QED) is 0.449. The predicted octanol–water partition coefficient (Wildman–Crippen LogP) is 5.44. The first-order valence-corrected chi connectivity index (χ1v) is 11.6. The van der Waals surface area contributed by atoms with Crippen molar-refractivity contribution in [2.24, 2.45) is 5.41 Å². The number of rotatable bonds is 8. The van der Waals surface area contributed by atoms with Gasteiger partial charge in [-0.25, -0.2) is 4.39 Å². The maximum atomic E-state index is 13.7. The summed E-state index contributed by atoms with van der Waals surface area (Å²) in [6.07, 6.45) is 1.51. The van der Waals surface area contributed by atoms with Crippen LogP contribution in [0.4, 0.5) is 4.39 Å². The first-order valence-electron chi connectivity index (χ1n) is 10.8. The van der Waals surface area contributed by atoms with E-state index in [1.807, 2.05) is 24.3 Å². The number of nitriles is 1. The Kier molecular flexibility index (Phi) is 8.27. The Bertz CT molecular complexity index is 966. The van der Waals surface area contributed by atoms with Crippen LogP contribution in [0.3, 0.4) is 0 Å². The van der Waals surface area contributed by atoms with Crippen molar-refractivity contribution in [2.75, 3.05) is 26.8 Å². The number of carbonyl (C=O) groups excluding carboxylic acids is 1. The highest BCUT2D eigenvalue weighted by molar-refractivity contribution is 9.10. The highest BCUT2D eigenvalue weighted by Gasteiger charge is 2.45. The number of nitrogens with zero attached hydrogens (tertiary/aromatic N) is 2. The molecule has 170 valence electrons. The van der Waals surface area contributed by atoms with Crippen molar-refractivity contribution in [2.45, 2.75) is 38.6 Å². The highest BCUT2D eigenvalue weighted by atomic mass is 79.9. The van der Waals surface area contributed by atoms with Gasteiger partial charge in [0.15, 0.2) is 0 Å². The summed E-state index contributed by atoms with van der Waals surface area (Å²) in [6.45, 7) is 4.37. The van der Waals surface area contributed by atoms with E-state index in [1.54, 1.807) is 20.1 Å². The van der Waals surface area contributed by atoms with Gasteiger partial charge in [-0.1, -0.05) is 34.1 Å². The minimum Gasteiger partial charge on any atom is -0.497 e. The molecule has 1 fully saturated rings. The van der Waals surface area contributed by atoms with Crippen molar-refractivity contribution >= 4 is 21.9 Å². The molecule has 0 bridgehead atoms. The fourth-order valence-electron chi connectivity index (χ4n) is 4.48. The molecule has 0 N–H and O–H groups in total. The number of piperidine rings is 1.